The van der Waals surface area contributed by atoms with Crippen molar-refractivity contribution >= 4 is 39.7 Å². The normalized spacial score (nSPS) is 10.4. The highest BCUT2D eigenvalue weighted by Gasteiger charge is 2.22. The van der Waals surface area contributed by atoms with Crippen molar-refractivity contribution in [2.45, 2.75) is 20.3 Å². The summed E-state index contributed by atoms with van der Waals surface area (Å²) < 4.78 is 0. The highest BCUT2D eigenvalue weighted by Crippen LogP contribution is 2.39. The zero-order chi connectivity index (χ0) is 21.0. The molecule has 7 heteroatoms. The number of carbonyl (C=O) groups is 3. The number of hydrogen-bond acceptors (Lipinski definition) is 4. The third-order valence-corrected chi connectivity index (χ3v) is 5.31. The maximum Gasteiger partial charge on any atom is 0.252 e. The lowest BCUT2D eigenvalue weighted by molar-refractivity contribution is -0.116. The van der Waals surface area contributed by atoms with E-state index in [9.17, 15) is 14.4 Å². The van der Waals surface area contributed by atoms with Gasteiger partial charge in [-0.3, -0.25) is 14.4 Å². The summed E-state index contributed by atoms with van der Waals surface area (Å²) in [6.07, 6.45) is 0.135. The molecule has 1 heterocycles. The van der Waals surface area contributed by atoms with Crippen LogP contribution >= 0.6 is 11.3 Å². The minimum Gasteiger partial charge on any atom is -0.365 e. The molecule has 0 aliphatic rings. The van der Waals surface area contributed by atoms with Gasteiger partial charge in [0.25, 0.3) is 5.91 Å². The lowest BCUT2D eigenvalue weighted by Crippen LogP contribution is -2.18. The molecule has 0 aliphatic carbocycles. The van der Waals surface area contributed by atoms with E-state index in [4.69, 9.17) is 5.73 Å². The maximum atomic E-state index is 12.6. The molecule has 0 spiro atoms. The zero-order valence-electron chi connectivity index (χ0n) is 16.1. The number of anilines is 2. The van der Waals surface area contributed by atoms with Gasteiger partial charge in [-0.05, 0) is 30.2 Å². The Hall–Kier alpha value is -3.45. The molecule has 29 heavy (non-hydrogen) atoms. The van der Waals surface area contributed by atoms with E-state index in [1.807, 2.05) is 37.3 Å². The van der Waals surface area contributed by atoms with Gasteiger partial charge in [-0.25, -0.2) is 0 Å². The van der Waals surface area contributed by atoms with E-state index in [2.05, 4.69) is 10.6 Å². The average Bonchev–Trinajstić information content (AvgIpc) is 2.99. The average molecular weight is 407 g/mol. The van der Waals surface area contributed by atoms with Gasteiger partial charge in [0.15, 0.2) is 0 Å². The maximum absolute atomic E-state index is 12.6. The standard InChI is InChI=1S/C22H21N3O3S/c1-13-19(16-6-4-3-5-7-16)20(21(23)28)22(29-13)25-18(27)12-15-8-10-17(11-9-15)24-14(2)26/h3-11H,12H2,1-2H3,(H2,23,28)(H,24,26)(H,25,27). The zero-order valence-corrected chi connectivity index (χ0v) is 16.9. The molecule has 3 aromatic rings. The van der Waals surface area contributed by atoms with Crippen LogP contribution in [0.4, 0.5) is 10.7 Å². The smallest absolute Gasteiger partial charge is 0.252 e. The van der Waals surface area contributed by atoms with Crippen molar-refractivity contribution < 1.29 is 14.4 Å². The summed E-state index contributed by atoms with van der Waals surface area (Å²) >= 11 is 1.33. The van der Waals surface area contributed by atoms with E-state index in [0.717, 1.165) is 21.6 Å². The molecule has 148 valence electrons. The van der Waals surface area contributed by atoms with Gasteiger partial charge in [-0.2, -0.15) is 0 Å². The molecule has 0 bridgehead atoms. The van der Waals surface area contributed by atoms with Crippen LogP contribution in [0.25, 0.3) is 11.1 Å². The molecule has 2 aromatic carbocycles. The van der Waals surface area contributed by atoms with Crippen LogP contribution in [-0.4, -0.2) is 17.7 Å². The molecular formula is C22H21N3O3S. The first-order chi connectivity index (χ1) is 13.8. The Morgan fingerprint density at radius 3 is 2.21 bits per heavy atom. The molecule has 0 saturated heterocycles. The van der Waals surface area contributed by atoms with Gasteiger partial charge in [-0.1, -0.05) is 42.5 Å². The highest BCUT2D eigenvalue weighted by atomic mass is 32.1. The van der Waals surface area contributed by atoms with Crippen LogP contribution in [-0.2, 0) is 16.0 Å². The Morgan fingerprint density at radius 2 is 1.62 bits per heavy atom. The number of rotatable bonds is 6. The van der Waals surface area contributed by atoms with Crippen LogP contribution in [0.5, 0.6) is 0 Å². The fraction of sp³-hybridized carbons (Fsp3) is 0.136. The second kappa shape index (κ2) is 8.70. The van der Waals surface area contributed by atoms with Gasteiger partial charge in [0.2, 0.25) is 11.8 Å². The first-order valence-corrected chi connectivity index (χ1v) is 9.81. The number of thiophene rings is 1. The third kappa shape index (κ3) is 4.89. The van der Waals surface area contributed by atoms with Gasteiger partial charge in [0.1, 0.15) is 5.00 Å². The van der Waals surface area contributed by atoms with Crippen molar-refractivity contribution in [3.05, 3.63) is 70.6 Å². The predicted octanol–water partition coefficient (Wildman–Crippen LogP) is 3.96. The number of nitrogens with two attached hydrogens (primary N) is 1. The second-order valence-electron chi connectivity index (χ2n) is 6.57. The molecule has 0 atom stereocenters. The van der Waals surface area contributed by atoms with E-state index >= 15 is 0 Å². The van der Waals surface area contributed by atoms with Crippen molar-refractivity contribution in [2.75, 3.05) is 10.6 Å². The molecule has 1 aromatic heterocycles. The molecule has 0 saturated carbocycles. The van der Waals surface area contributed by atoms with E-state index < -0.39 is 5.91 Å². The van der Waals surface area contributed by atoms with E-state index in [1.165, 1.54) is 18.3 Å². The number of benzene rings is 2. The van der Waals surface area contributed by atoms with Crippen LogP contribution in [0.3, 0.4) is 0 Å². The Bertz CT molecular complexity index is 1060. The summed E-state index contributed by atoms with van der Waals surface area (Å²) in [5.74, 6) is -0.986. The number of carbonyl (C=O) groups excluding carboxylic acids is 3. The van der Waals surface area contributed by atoms with E-state index in [-0.39, 0.29) is 18.2 Å². The number of primary amides is 1. The van der Waals surface area contributed by atoms with Gasteiger partial charge >= 0.3 is 0 Å². The number of nitrogens with one attached hydrogen (secondary N) is 2. The quantitative estimate of drug-likeness (QED) is 0.576. The Kier molecular flexibility index (Phi) is 6.09. The molecule has 4 N–H and O–H groups in total. The van der Waals surface area contributed by atoms with Crippen molar-refractivity contribution in [3.8, 4) is 11.1 Å². The van der Waals surface area contributed by atoms with E-state index in [0.29, 0.717) is 16.3 Å². The molecule has 6 nitrogen and oxygen atoms in total. The SMILES string of the molecule is CC(=O)Nc1ccc(CC(=O)Nc2sc(C)c(-c3ccccc3)c2C(N)=O)cc1. The summed E-state index contributed by atoms with van der Waals surface area (Å²) in [5.41, 5.74) is 9.04. The Labute approximate surface area is 172 Å². The van der Waals surface area contributed by atoms with Gasteiger partial charge in [0, 0.05) is 23.1 Å². The molecular weight excluding hydrogens is 386 g/mol. The van der Waals surface area contributed by atoms with Gasteiger partial charge in [0.05, 0.1) is 12.0 Å². The third-order valence-electron chi connectivity index (χ3n) is 4.29. The molecule has 0 radical (unpaired) electrons. The lowest BCUT2D eigenvalue weighted by Gasteiger charge is -2.08. The van der Waals surface area contributed by atoms with Crippen molar-refractivity contribution in [1.29, 1.82) is 0 Å². The fourth-order valence-corrected chi connectivity index (χ4v) is 4.18. The number of aryl methyl sites for hydroxylation is 1. The predicted molar refractivity (Wildman–Crippen MR) is 116 cm³/mol. The van der Waals surface area contributed by atoms with Crippen LogP contribution in [0.1, 0.15) is 27.7 Å². The largest absolute Gasteiger partial charge is 0.365 e. The monoisotopic (exact) mass is 407 g/mol. The first kappa shape index (κ1) is 20.3. The van der Waals surface area contributed by atoms with E-state index in [1.54, 1.807) is 24.3 Å². The van der Waals surface area contributed by atoms with Gasteiger partial charge in [-0.15, -0.1) is 11.3 Å². The van der Waals surface area contributed by atoms with Crippen LogP contribution in [0, 0.1) is 6.92 Å². The van der Waals surface area contributed by atoms with Crippen molar-refractivity contribution in [2.24, 2.45) is 5.73 Å². The first-order valence-electron chi connectivity index (χ1n) is 9.00. The second-order valence-corrected chi connectivity index (χ2v) is 7.80. The Morgan fingerprint density at radius 1 is 0.966 bits per heavy atom. The van der Waals surface area contributed by atoms with Crippen LogP contribution in [0.15, 0.2) is 54.6 Å². The molecule has 3 amide bonds. The van der Waals surface area contributed by atoms with Crippen molar-refractivity contribution in [3.63, 3.8) is 0 Å². The molecule has 0 aliphatic heterocycles. The Balaban J connectivity index is 1.80. The summed E-state index contributed by atoms with van der Waals surface area (Å²) in [6, 6.07) is 16.5. The summed E-state index contributed by atoms with van der Waals surface area (Å²) in [5, 5.41) is 5.96. The summed E-state index contributed by atoms with van der Waals surface area (Å²) in [6.45, 7) is 3.33. The number of hydrogen-bond donors (Lipinski definition) is 3. The number of amides is 3. The summed E-state index contributed by atoms with van der Waals surface area (Å²) in [4.78, 5) is 36.7. The highest BCUT2D eigenvalue weighted by molar-refractivity contribution is 7.17. The van der Waals surface area contributed by atoms with Crippen molar-refractivity contribution in [1.82, 2.24) is 0 Å². The lowest BCUT2D eigenvalue weighted by atomic mass is 10.0. The topological polar surface area (TPSA) is 101 Å². The van der Waals surface area contributed by atoms with Crippen LogP contribution in [0.2, 0.25) is 0 Å². The van der Waals surface area contributed by atoms with Gasteiger partial charge < -0.3 is 16.4 Å². The van der Waals surface area contributed by atoms with Crippen LogP contribution < -0.4 is 16.4 Å². The molecule has 0 unspecified atom stereocenters. The minimum absolute atomic E-state index is 0.135. The molecule has 0 fully saturated rings. The fourth-order valence-electron chi connectivity index (χ4n) is 3.09. The minimum atomic E-state index is -0.580. The molecule has 3 rings (SSSR count). The summed E-state index contributed by atoms with van der Waals surface area (Å²) in [7, 11) is 0.